The number of ketones is 2. The van der Waals surface area contributed by atoms with Gasteiger partial charge in [0.1, 0.15) is 6.07 Å². The van der Waals surface area contributed by atoms with E-state index in [2.05, 4.69) is 39.1 Å². The van der Waals surface area contributed by atoms with Gasteiger partial charge in [-0.1, -0.05) is 53.2 Å². The number of carbonyl (C=O) groups is 3. The fourth-order valence-electron chi connectivity index (χ4n) is 9.82. The molecule has 206 valence electrons. The Morgan fingerprint density at radius 2 is 1.68 bits per heavy atom. The minimum absolute atomic E-state index is 0.0546. The van der Waals surface area contributed by atoms with Gasteiger partial charge in [0, 0.05) is 36.4 Å². The van der Waals surface area contributed by atoms with Gasteiger partial charge in [-0.3, -0.25) is 9.59 Å². The van der Waals surface area contributed by atoms with Crippen LogP contribution in [0.4, 0.5) is 4.79 Å². The molecule has 0 aromatic carbocycles. The van der Waals surface area contributed by atoms with E-state index in [0.717, 1.165) is 50.5 Å². The SMILES string of the molecule is CN(C)C(=O)NC12CCC3C(C(=O)C=C4C5(C)C=C(C#N)C(=O)C(C)(C)C5CCC43C)C1CC(C)(C)CC2. The van der Waals surface area contributed by atoms with Crippen LogP contribution in [-0.4, -0.2) is 42.1 Å². The molecule has 6 nitrogen and oxygen atoms in total. The molecule has 7 unspecified atom stereocenters. The van der Waals surface area contributed by atoms with Gasteiger partial charge in [-0.25, -0.2) is 4.79 Å². The lowest BCUT2D eigenvalue weighted by atomic mass is 9.39. The molecule has 0 bridgehead atoms. The molecule has 0 saturated heterocycles. The summed E-state index contributed by atoms with van der Waals surface area (Å²) in [5, 5.41) is 13.3. The molecule has 0 aliphatic heterocycles. The highest BCUT2D eigenvalue weighted by Gasteiger charge is 2.66. The van der Waals surface area contributed by atoms with Gasteiger partial charge in [-0.15, -0.1) is 0 Å². The highest BCUT2D eigenvalue weighted by atomic mass is 16.2. The Balaban J connectivity index is 1.62. The van der Waals surface area contributed by atoms with Crippen molar-refractivity contribution in [3.63, 3.8) is 0 Å². The highest BCUT2D eigenvalue weighted by molar-refractivity contribution is 6.04. The van der Waals surface area contributed by atoms with Gasteiger partial charge >= 0.3 is 6.03 Å². The number of allylic oxidation sites excluding steroid dienone is 4. The van der Waals surface area contributed by atoms with Crippen LogP contribution < -0.4 is 5.32 Å². The molecule has 1 N–H and O–H groups in total. The zero-order chi connectivity index (χ0) is 28.1. The predicted molar refractivity (Wildman–Crippen MR) is 147 cm³/mol. The third-order valence-electron chi connectivity index (χ3n) is 11.8. The van der Waals surface area contributed by atoms with Gasteiger partial charge in [0.2, 0.25) is 0 Å². The number of carbonyl (C=O) groups excluding carboxylic acids is 3. The number of urea groups is 1. The minimum atomic E-state index is -0.651. The Morgan fingerprint density at radius 3 is 2.32 bits per heavy atom. The predicted octanol–water partition coefficient (Wildman–Crippen LogP) is 5.84. The number of fused-ring (bicyclic) bond motifs is 7. The second-order valence-corrected chi connectivity index (χ2v) is 15.1. The highest BCUT2D eigenvalue weighted by Crippen LogP contribution is 2.69. The van der Waals surface area contributed by atoms with Gasteiger partial charge in [0.05, 0.1) is 5.57 Å². The maximum absolute atomic E-state index is 14.3. The number of nitrogens with zero attached hydrogens (tertiary/aromatic N) is 2. The van der Waals surface area contributed by atoms with E-state index in [4.69, 9.17) is 0 Å². The summed E-state index contributed by atoms with van der Waals surface area (Å²) >= 11 is 0. The molecule has 7 atom stereocenters. The van der Waals surface area contributed by atoms with Crippen molar-refractivity contribution < 1.29 is 14.4 Å². The zero-order valence-corrected chi connectivity index (χ0v) is 24.5. The van der Waals surface area contributed by atoms with Crippen LogP contribution in [-0.2, 0) is 9.59 Å². The topological polar surface area (TPSA) is 90.3 Å². The third-order valence-corrected chi connectivity index (χ3v) is 11.8. The quantitative estimate of drug-likeness (QED) is 0.471. The largest absolute Gasteiger partial charge is 0.332 e. The summed E-state index contributed by atoms with van der Waals surface area (Å²) in [6, 6.07) is 2.10. The maximum atomic E-state index is 14.3. The first kappa shape index (κ1) is 27.2. The molecule has 0 radical (unpaired) electrons. The molecule has 5 aliphatic carbocycles. The monoisotopic (exact) mass is 519 g/mol. The molecule has 0 aromatic rings. The summed E-state index contributed by atoms with van der Waals surface area (Å²) in [5.74, 6) is 0.315. The minimum Gasteiger partial charge on any atom is -0.332 e. The Kier molecular flexibility index (Phi) is 5.93. The summed E-state index contributed by atoms with van der Waals surface area (Å²) in [4.78, 5) is 42.0. The fourth-order valence-corrected chi connectivity index (χ4v) is 9.82. The first-order valence-corrected chi connectivity index (χ1v) is 14.5. The number of hydrogen-bond donors (Lipinski definition) is 1. The number of amides is 2. The van der Waals surface area contributed by atoms with Crippen LogP contribution in [0.25, 0.3) is 0 Å². The zero-order valence-electron chi connectivity index (χ0n) is 24.5. The van der Waals surface area contributed by atoms with Gasteiger partial charge in [-0.2, -0.15) is 5.26 Å². The number of nitrogens with one attached hydrogen (secondary N) is 1. The van der Waals surface area contributed by atoms with Crippen molar-refractivity contribution in [2.75, 3.05) is 14.1 Å². The van der Waals surface area contributed by atoms with Crippen LogP contribution in [0.5, 0.6) is 0 Å². The van der Waals surface area contributed by atoms with Crippen LogP contribution in [0.1, 0.15) is 86.5 Å². The first-order valence-electron chi connectivity index (χ1n) is 14.5. The lowest BCUT2D eigenvalue weighted by Crippen LogP contribution is -2.67. The van der Waals surface area contributed by atoms with Crippen LogP contribution in [0, 0.1) is 56.7 Å². The molecule has 3 fully saturated rings. The Morgan fingerprint density at radius 1 is 1.00 bits per heavy atom. The van der Waals surface area contributed by atoms with Gasteiger partial charge in [0.25, 0.3) is 0 Å². The van der Waals surface area contributed by atoms with Crippen LogP contribution in [0.3, 0.4) is 0 Å². The third kappa shape index (κ3) is 3.59. The lowest BCUT2D eigenvalue weighted by Gasteiger charge is -2.65. The standard InChI is InChI=1S/C32H45N3O3/c1-28(2)13-14-32(34-27(38)35(7)8)12-9-20-25(21(32)17-28)22(36)15-24-30(20,5)11-10-23-29(3,4)26(37)19(18-33)16-31(23,24)6/h15-16,20-21,23,25H,9-14,17H2,1-8H3,(H,34,38). The van der Waals surface area contributed by atoms with Crippen molar-refractivity contribution in [2.24, 2.45) is 45.3 Å². The number of rotatable bonds is 1. The maximum Gasteiger partial charge on any atom is 0.317 e. The lowest BCUT2D eigenvalue weighted by molar-refractivity contribution is -0.141. The van der Waals surface area contributed by atoms with Gasteiger partial charge in [0.15, 0.2) is 11.6 Å². The average Bonchev–Trinajstić information content (AvgIpc) is 2.82. The molecular formula is C32H45N3O3. The average molecular weight is 520 g/mol. The fraction of sp³-hybridized carbons (Fsp3) is 0.750. The van der Waals surface area contributed by atoms with Crippen molar-refractivity contribution in [3.8, 4) is 6.07 Å². The summed E-state index contributed by atoms with van der Waals surface area (Å²) in [6.45, 7) is 13.1. The van der Waals surface area contributed by atoms with Crippen molar-refractivity contribution in [1.29, 1.82) is 5.26 Å². The van der Waals surface area contributed by atoms with Crippen molar-refractivity contribution in [1.82, 2.24) is 10.2 Å². The molecule has 0 spiro atoms. The van der Waals surface area contributed by atoms with E-state index >= 15 is 0 Å². The molecule has 3 saturated carbocycles. The van der Waals surface area contributed by atoms with Crippen LogP contribution >= 0.6 is 0 Å². The summed E-state index contributed by atoms with van der Waals surface area (Å²) in [5.41, 5.74) is -0.221. The normalized spacial score (nSPS) is 42.7. The molecule has 0 heterocycles. The van der Waals surface area contributed by atoms with Gasteiger partial charge < -0.3 is 10.2 Å². The summed E-state index contributed by atoms with van der Waals surface area (Å²) in [7, 11) is 3.56. The van der Waals surface area contributed by atoms with Crippen molar-refractivity contribution in [3.05, 3.63) is 23.3 Å². The van der Waals surface area contributed by atoms with Crippen LogP contribution in [0.15, 0.2) is 23.3 Å². The second-order valence-electron chi connectivity index (χ2n) is 15.1. The Bertz CT molecular complexity index is 1200. The van der Waals surface area contributed by atoms with Gasteiger partial charge in [-0.05, 0) is 79.6 Å². The summed E-state index contributed by atoms with van der Waals surface area (Å²) in [6.07, 6.45) is 10.3. The van der Waals surface area contributed by atoms with Crippen molar-refractivity contribution >= 4 is 17.6 Å². The summed E-state index contributed by atoms with van der Waals surface area (Å²) < 4.78 is 0. The van der Waals surface area contributed by atoms with E-state index in [1.807, 2.05) is 26.0 Å². The van der Waals surface area contributed by atoms with E-state index in [-0.39, 0.29) is 63.2 Å². The molecule has 2 amide bonds. The molecule has 6 heteroatoms. The number of nitriles is 1. The van der Waals surface area contributed by atoms with E-state index < -0.39 is 10.8 Å². The first-order chi connectivity index (χ1) is 17.5. The number of hydrogen-bond acceptors (Lipinski definition) is 4. The molecular weight excluding hydrogens is 474 g/mol. The van der Waals surface area contributed by atoms with E-state index in [9.17, 15) is 19.6 Å². The molecule has 5 aliphatic rings. The molecule has 38 heavy (non-hydrogen) atoms. The molecule has 5 rings (SSSR count). The van der Waals surface area contributed by atoms with E-state index in [1.54, 1.807) is 19.0 Å². The Labute approximate surface area is 228 Å². The second kappa shape index (κ2) is 8.29. The van der Waals surface area contributed by atoms with Crippen molar-refractivity contribution in [2.45, 2.75) is 92.0 Å². The smallest absolute Gasteiger partial charge is 0.317 e. The van der Waals surface area contributed by atoms with E-state index in [1.165, 1.54) is 0 Å². The number of Topliss-reactive ketones (excluding diaryl/α,β-unsaturated/α-hetero) is 1. The van der Waals surface area contributed by atoms with E-state index in [0.29, 0.717) is 0 Å². The molecule has 0 aromatic heterocycles. The Hall–Kier alpha value is -2.42. The van der Waals surface area contributed by atoms with Crippen LogP contribution in [0.2, 0.25) is 0 Å².